The number of aromatic nitrogens is 2. The van der Waals surface area contributed by atoms with Crippen molar-refractivity contribution in [2.45, 2.75) is 62.9 Å². The van der Waals surface area contributed by atoms with E-state index in [9.17, 15) is 10.1 Å². The maximum Gasteiger partial charge on any atom is 0.410 e. The molecule has 2 aliphatic heterocycles. The second-order valence-corrected chi connectivity index (χ2v) is 12.2. The van der Waals surface area contributed by atoms with Crippen LogP contribution in [0.3, 0.4) is 0 Å². The smallest absolute Gasteiger partial charge is 0.410 e. The van der Waals surface area contributed by atoms with Gasteiger partial charge < -0.3 is 23.8 Å². The van der Waals surface area contributed by atoms with Gasteiger partial charge in [0.15, 0.2) is 23.3 Å². The number of hydrogen-bond donors (Lipinski definition) is 0. The van der Waals surface area contributed by atoms with Crippen molar-refractivity contribution in [1.82, 2.24) is 14.9 Å². The molecule has 0 radical (unpaired) electrons. The lowest BCUT2D eigenvalue weighted by Gasteiger charge is -2.42. The molecule has 2 fully saturated rings. The third-order valence-corrected chi connectivity index (χ3v) is 7.94. The standard InChI is InChI=1S/C31H37N5O5S/c1-31(2,3)41-30(37)36-22-10-11-23(36)18-35(17-22)27-26(16-32)28(34-29(33-27)42-5)39-13-12-21-15-24(40-19-38-4)14-20-8-6-7-9-25(20)21/h6-9,14-15,22-23H,10-13,17-19H2,1-5H3/t22-,23+. The van der Waals surface area contributed by atoms with Gasteiger partial charge in [0, 0.05) is 26.6 Å². The number of carbonyl (C=O) groups excluding carboxylic acids is 1. The van der Waals surface area contributed by atoms with Crippen molar-refractivity contribution in [2.75, 3.05) is 44.8 Å². The number of methoxy groups -OCH3 is 1. The summed E-state index contributed by atoms with van der Waals surface area (Å²) < 4.78 is 22.7. The quantitative estimate of drug-likeness (QED) is 0.182. The van der Waals surface area contributed by atoms with Gasteiger partial charge in [-0.15, -0.1) is 0 Å². The molecule has 0 aliphatic carbocycles. The second-order valence-electron chi connectivity index (χ2n) is 11.5. The van der Waals surface area contributed by atoms with Gasteiger partial charge in [-0.1, -0.05) is 36.0 Å². The average Bonchev–Trinajstić information content (AvgIpc) is 3.24. The summed E-state index contributed by atoms with van der Waals surface area (Å²) in [6.07, 6.45) is 3.97. The second kappa shape index (κ2) is 12.6. The highest BCUT2D eigenvalue weighted by Crippen LogP contribution is 2.36. The van der Waals surface area contributed by atoms with Crippen LogP contribution in [-0.4, -0.2) is 78.5 Å². The van der Waals surface area contributed by atoms with E-state index < -0.39 is 5.60 Å². The van der Waals surface area contributed by atoms with Crippen molar-refractivity contribution in [3.8, 4) is 17.7 Å². The number of carbonyl (C=O) groups is 1. The van der Waals surface area contributed by atoms with Crippen molar-refractivity contribution in [1.29, 1.82) is 5.26 Å². The molecule has 2 aromatic carbocycles. The highest BCUT2D eigenvalue weighted by Gasteiger charge is 2.45. The Hall–Kier alpha value is -3.75. The van der Waals surface area contributed by atoms with Crippen LogP contribution in [0.1, 0.15) is 44.7 Å². The molecule has 1 amide bonds. The van der Waals surface area contributed by atoms with E-state index in [4.69, 9.17) is 23.9 Å². The first kappa shape index (κ1) is 29.7. The Balaban J connectivity index is 1.35. The van der Waals surface area contributed by atoms with Crippen molar-refractivity contribution in [2.24, 2.45) is 0 Å². The van der Waals surface area contributed by atoms with Crippen LogP contribution in [0.2, 0.25) is 0 Å². The van der Waals surface area contributed by atoms with E-state index in [1.807, 2.05) is 62.3 Å². The lowest BCUT2D eigenvalue weighted by atomic mass is 10.0. The van der Waals surface area contributed by atoms with Crippen LogP contribution < -0.4 is 14.4 Å². The van der Waals surface area contributed by atoms with E-state index in [1.165, 1.54) is 11.8 Å². The zero-order chi connectivity index (χ0) is 29.9. The zero-order valence-electron chi connectivity index (χ0n) is 24.8. The summed E-state index contributed by atoms with van der Waals surface area (Å²) in [4.78, 5) is 26.2. The molecular weight excluding hydrogens is 554 g/mol. The minimum absolute atomic E-state index is 0.0110. The molecule has 2 aliphatic rings. The van der Waals surface area contributed by atoms with Crippen LogP contribution in [0.25, 0.3) is 10.8 Å². The molecule has 3 aromatic rings. The summed E-state index contributed by atoms with van der Waals surface area (Å²) in [5.41, 5.74) is 0.810. The SMILES string of the molecule is COCOc1cc(CCOc2nc(SC)nc(N3C[C@H]4CC[C@@H](C3)N4C(=O)OC(C)(C)C)c2C#N)c2ccccc2c1. The van der Waals surface area contributed by atoms with Crippen LogP contribution in [0.5, 0.6) is 11.6 Å². The normalized spacial score (nSPS) is 18.2. The van der Waals surface area contributed by atoms with E-state index in [0.717, 1.165) is 34.9 Å². The minimum atomic E-state index is -0.557. The lowest BCUT2D eigenvalue weighted by Crippen LogP contribution is -2.57. The summed E-state index contributed by atoms with van der Waals surface area (Å²) in [5, 5.41) is 12.9. The van der Waals surface area contributed by atoms with Gasteiger partial charge in [0.25, 0.3) is 0 Å². The van der Waals surface area contributed by atoms with Gasteiger partial charge in [0.1, 0.15) is 17.4 Å². The number of benzene rings is 2. The number of rotatable bonds is 9. The Bertz CT molecular complexity index is 1470. The van der Waals surface area contributed by atoms with Crippen LogP contribution in [0, 0.1) is 11.3 Å². The Morgan fingerprint density at radius 2 is 1.86 bits per heavy atom. The van der Waals surface area contributed by atoms with Crippen LogP contribution in [0.15, 0.2) is 41.6 Å². The number of nitrogens with zero attached hydrogens (tertiary/aromatic N) is 5. The van der Waals surface area contributed by atoms with Crippen LogP contribution in [-0.2, 0) is 15.9 Å². The molecule has 11 heteroatoms. The summed E-state index contributed by atoms with van der Waals surface area (Å²) in [6, 6.07) is 14.4. The predicted octanol–water partition coefficient (Wildman–Crippen LogP) is 5.42. The Morgan fingerprint density at radius 1 is 1.12 bits per heavy atom. The number of hydrogen-bond acceptors (Lipinski definition) is 10. The van der Waals surface area contributed by atoms with Crippen molar-refractivity contribution < 1.29 is 23.7 Å². The molecule has 2 atom stereocenters. The number of anilines is 1. The fourth-order valence-electron chi connectivity index (χ4n) is 5.66. The van der Waals surface area contributed by atoms with Gasteiger partial charge in [0.2, 0.25) is 5.88 Å². The number of amides is 1. The van der Waals surface area contributed by atoms with Crippen molar-refractivity contribution in [3.63, 3.8) is 0 Å². The number of nitriles is 1. The molecule has 0 N–H and O–H groups in total. The molecular formula is C31H37N5O5S. The Morgan fingerprint density at radius 3 is 2.52 bits per heavy atom. The largest absolute Gasteiger partial charge is 0.476 e. The summed E-state index contributed by atoms with van der Waals surface area (Å²) >= 11 is 1.40. The Labute approximate surface area is 250 Å². The average molecular weight is 592 g/mol. The molecule has 10 nitrogen and oxygen atoms in total. The third-order valence-electron chi connectivity index (χ3n) is 7.39. The topological polar surface area (TPSA) is 110 Å². The molecule has 222 valence electrons. The first-order valence-corrected chi connectivity index (χ1v) is 15.3. The van der Waals surface area contributed by atoms with Gasteiger partial charge in [0.05, 0.1) is 18.7 Å². The molecule has 0 saturated carbocycles. The van der Waals surface area contributed by atoms with Crippen molar-refractivity contribution >= 4 is 34.4 Å². The molecule has 0 spiro atoms. The highest BCUT2D eigenvalue weighted by molar-refractivity contribution is 7.98. The van der Waals surface area contributed by atoms with Gasteiger partial charge in [-0.25, -0.2) is 9.78 Å². The number of thioether (sulfide) groups is 1. The fraction of sp³-hybridized carbons (Fsp3) is 0.484. The molecule has 0 unspecified atom stereocenters. The van der Waals surface area contributed by atoms with E-state index in [-0.39, 0.29) is 30.8 Å². The molecule has 42 heavy (non-hydrogen) atoms. The van der Waals surface area contributed by atoms with E-state index in [1.54, 1.807) is 7.11 Å². The molecule has 3 heterocycles. The Kier molecular flexibility index (Phi) is 8.94. The predicted molar refractivity (Wildman–Crippen MR) is 161 cm³/mol. The van der Waals surface area contributed by atoms with Gasteiger partial charge in [-0.3, -0.25) is 4.90 Å². The molecule has 2 saturated heterocycles. The van der Waals surface area contributed by atoms with Crippen LogP contribution in [0.4, 0.5) is 10.6 Å². The van der Waals surface area contributed by atoms with E-state index in [2.05, 4.69) is 22.0 Å². The van der Waals surface area contributed by atoms with E-state index >= 15 is 0 Å². The molecule has 5 rings (SSSR count). The van der Waals surface area contributed by atoms with Crippen LogP contribution >= 0.6 is 11.8 Å². The fourth-order valence-corrected chi connectivity index (χ4v) is 6.01. The summed E-state index contributed by atoms with van der Waals surface area (Å²) in [6.45, 7) is 7.24. The zero-order valence-corrected chi connectivity index (χ0v) is 25.6. The van der Waals surface area contributed by atoms with Crippen molar-refractivity contribution in [3.05, 3.63) is 47.5 Å². The third kappa shape index (κ3) is 6.50. The van der Waals surface area contributed by atoms with Gasteiger partial charge in [-0.2, -0.15) is 10.2 Å². The minimum Gasteiger partial charge on any atom is -0.476 e. The lowest BCUT2D eigenvalue weighted by molar-refractivity contribution is 0.0122. The molecule has 2 bridgehead atoms. The van der Waals surface area contributed by atoms with Gasteiger partial charge >= 0.3 is 6.09 Å². The number of ether oxygens (including phenoxy) is 4. The maximum atomic E-state index is 13.0. The highest BCUT2D eigenvalue weighted by atomic mass is 32.2. The van der Waals surface area contributed by atoms with Gasteiger partial charge in [-0.05, 0) is 68.3 Å². The number of fused-ring (bicyclic) bond motifs is 3. The maximum absolute atomic E-state index is 13.0. The molecule has 1 aromatic heterocycles. The monoisotopic (exact) mass is 591 g/mol. The summed E-state index contributed by atoms with van der Waals surface area (Å²) in [7, 11) is 1.59. The first-order valence-electron chi connectivity index (χ1n) is 14.1. The number of piperazine rings is 1. The van der Waals surface area contributed by atoms with E-state index in [0.29, 0.717) is 42.7 Å². The summed E-state index contributed by atoms with van der Waals surface area (Å²) in [5.74, 6) is 1.54. The first-order chi connectivity index (χ1) is 20.2.